The zero-order valence-electron chi connectivity index (χ0n) is 43.7. The second-order valence-corrected chi connectivity index (χ2v) is 19.4. The van der Waals surface area contributed by atoms with E-state index in [0.717, 1.165) is 44.9 Å². The van der Waals surface area contributed by atoms with E-state index in [4.69, 9.17) is 33.3 Å². The van der Waals surface area contributed by atoms with Gasteiger partial charge < -0.3 is 54.5 Å². The quantitative estimate of drug-likeness (QED) is 0.0370. The van der Waals surface area contributed by atoms with Gasteiger partial charge in [-0.15, -0.1) is 5.06 Å². The zero-order chi connectivity index (χ0) is 52.8. The summed E-state index contributed by atoms with van der Waals surface area (Å²) >= 11 is 0. The van der Waals surface area contributed by atoms with Gasteiger partial charge in [0, 0.05) is 51.7 Å². The summed E-state index contributed by atoms with van der Waals surface area (Å²) in [6.45, 7) is 11.8. The van der Waals surface area contributed by atoms with E-state index in [-0.39, 0.29) is 128 Å². The molecule has 1 heterocycles. The summed E-state index contributed by atoms with van der Waals surface area (Å²) in [6.07, 6.45) is 16.2. The topological polar surface area (TPSA) is 270 Å². The van der Waals surface area contributed by atoms with Crippen LogP contribution in [-0.4, -0.2) is 148 Å². The molecule has 1 fully saturated rings. The third-order valence-electron chi connectivity index (χ3n) is 10.3. The van der Waals surface area contributed by atoms with E-state index in [1.54, 1.807) is 20.8 Å². The molecule has 71 heavy (non-hydrogen) atoms. The normalized spacial score (nSPS) is 13.1. The van der Waals surface area contributed by atoms with Gasteiger partial charge in [0.25, 0.3) is 11.8 Å². The van der Waals surface area contributed by atoms with Crippen LogP contribution in [0.15, 0.2) is 0 Å². The fourth-order valence-electron chi connectivity index (χ4n) is 6.83. The van der Waals surface area contributed by atoms with Gasteiger partial charge in [0.1, 0.15) is 30.5 Å². The maximum absolute atomic E-state index is 12.9. The Kier molecular flexibility index (Phi) is 35.2. The molecule has 1 atom stereocenters. The first-order valence-electron chi connectivity index (χ1n) is 25.7. The monoisotopic (exact) mass is 1010 g/mol. The molecule has 0 spiro atoms. The molecule has 1 rings (SSSR count). The van der Waals surface area contributed by atoms with Crippen LogP contribution in [0.2, 0.25) is 0 Å². The van der Waals surface area contributed by atoms with Crippen LogP contribution < -0.4 is 21.3 Å². The molecule has 4 N–H and O–H groups in total. The van der Waals surface area contributed by atoms with Crippen molar-refractivity contribution in [2.24, 2.45) is 0 Å². The van der Waals surface area contributed by atoms with Crippen LogP contribution >= 0.6 is 0 Å². The van der Waals surface area contributed by atoms with Crippen molar-refractivity contribution < 1.29 is 76.4 Å². The lowest BCUT2D eigenvalue weighted by Gasteiger charge is -2.24. The number of carbonyl (C=O) groups excluding carboxylic acids is 9. The molecule has 0 aromatic rings. The summed E-state index contributed by atoms with van der Waals surface area (Å²) < 4.78 is 32.2. The molecule has 408 valence electrons. The number of ether oxygens (including phenoxy) is 6. The molecule has 6 amide bonds. The summed E-state index contributed by atoms with van der Waals surface area (Å²) in [5, 5.41) is 11.1. The smallest absolute Gasteiger partial charge is 0.334 e. The average molecular weight is 1010 g/mol. The second-order valence-electron chi connectivity index (χ2n) is 19.4. The number of imide groups is 1. The molecule has 0 aromatic heterocycles. The van der Waals surface area contributed by atoms with Crippen LogP contribution in [-0.2, 0) is 76.4 Å². The summed E-state index contributed by atoms with van der Waals surface area (Å²) in [5.41, 5.74) is -1.17. The molecule has 21 heteroatoms. The van der Waals surface area contributed by atoms with Gasteiger partial charge in [0.2, 0.25) is 23.6 Å². The van der Waals surface area contributed by atoms with E-state index >= 15 is 0 Å². The van der Waals surface area contributed by atoms with Crippen LogP contribution in [0.5, 0.6) is 0 Å². The first-order valence-corrected chi connectivity index (χ1v) is 25.7. The van der Waals surface area contributed by atoms with Crippen molar-refractivity contribution in [3.63, 3.8) is 0 Å². The highest BCUT2D eigenvalue weighted by Gasteiger charge is 2.33. The SMILES string of the molecule is CC(C)(C)OC(=O)CCCCCCCCCCCCCCCCC(=O)N[C@@H](CCC(=O)NCCOCCOCC(=O)NCCOCCOCC(=O)NCCC(=O)ON1C(=O)CCC1=O)C(=O)OC(C)(C)C. The summed E-state index contributed by atoms with van der Waals surface area (Å²) in [5.74, 6) is -4.07. The van der Waals surface area contributed by atoms with E-state index in [0.29, 0.717) is 17.9 Å². The van der Waals surface area contributed by atoms with Gasteiger partial charge in [-0.05, 0) is 60.8 Å². The van der Waals surface area contributed by atoms with Crippen molar-refractivity contribution >= 4 is 53.4 Å². The fourth-order valence-corrected chi connectivity index (χ4v) is 6.83. The third-order valence-corrected chi connectivity index (χ3v) is 10.3. The molecular formula is C50H87N5O16. The molecular weight excluding hydrogens is 927 g/mol. The molecule has 21 nitrogen and oxygen atoms in total. The van der Waals surface area contributed by atoms with Gasteiger partial charge in [0.05, 0.1) is 46.1 Å². The average Bonchev–Trinajstić information content (AvgIpc) is 3.60. The molecule has 0 bridgehead atoms. The number of esters is 2. The van der Waals surface area contributed by atoms with E-state index in [1.807, 2.05) is 20.8 Å². The third kappa shape index (κ3) is 38.6. The van der Waals surface area contributed by atoms with Crippen LogP contribution in [0.3, 0.4) is 0 Å². The van der Waals surface area contributed by atoms with Gasteiger partial charge >= 0.3 is 17.9 Å². The van der Waals surface area contributed by atoms with Gasteiger partial charge in [-0.1, -0.05) is 77.0 Å². The lowest BCUT2D eigenvalue weighted by atomic mass is 10.0. The predicted molar refractivity (Wildman–Crippen MR) is 261 cm³/mol. The van der Waals surface area contributed by atoms with Crippen LogP contribution in [0.1, 0.15) is 176 Å². The Hall–Kier alpha value is -4.73. The van der Waals surface area contributed by atoms with Gasteiger partial charge in [-0.3, -0.25) is 33.6 Å². The number of hydrogen-bond acceptors (Lipinski definition) is 16. The largest absolute Gasteiger partial charge is 0.460 e. The molecule has 0 aromatic carbocycles. The fraction of sp³-hybridized carbons (Fsp3) is 0.820. The number of unbranched alkanes of at least 4 members (excludes halogenated alkanes) is 13. The summed E-state index contributed by atoms with van der Waals surface area (Å²) in [7, 11) is 0. The Labute approximate surface area is 421 Å². The molecule has 0 unspecified atom stereocenters. The highest BCUT2D eigenvalue weighted by molar-refractivity contribution is 6.01. The number of carbonyl (C=O) groups is 9. The highest BCUT2D eigenvalue weighted by atomic mass is 16.7. The van der Waals surface area contributed by atoms with Crippen molar-refractivity contribution in [3.8, 4) is 0 Å². The molecule has 1 aliphatic heterocycles. The van der Waals surface area contributed by atoms with Crippen LogP contribution in [0.25, 0.3) is 0 Å². The Morgan fingerprint density at radius 2 is 0.887 bits per heavy atom. The van der Waals surface area contributed by atoms with E-state index < -0.39 is 46.9 Å². The van der Waals surface area contributed by atoms with E-state index in [1.165, 1.54) is 44.9 Å². The minimum absolute atomic E-state index is 0.00238. The lowest BCUT2D eigenvalue weighted by Crippen LogP contribution is -2.44. The summed E-state index contributed by atoms with van der Waals surface area (Å²) in [4.78, 5) is 113. The maximum atomic E-state index is 12.9. The Balaban J connectivity index is 2.04. The van der Waals surface area contributed by atoms with Gasteiger partial charge in [0.15, 0.2) is 0 Å². The van der Waals surface area contributed by atoms with Gasteiger partial charge in [-0.2, -0.15) is 0 Å². The second kappa shape index (κ2) is 38.9. The standard InChI is InChI=1S/C50H87N5O16/c1-49(2,3)69-46(62)22-20-18-16-14-12-10-8-7-9-11-13-15-17-19-21-41(57)54-39(48(64)70-50(4,5)6)23-24-40(56)52-29-31-65-33-36-68-38-43(59)53-30-32-66-34-35-67-37-42(58)51-28-27-47(63)71-55-44(60)25-26-45(55)61/h39H,7-38H2,1-6H3,(H,51,58)(H,52,56)(H,53,59)(H,54,57)/t39-/m0/s1. The summed E-state index contributed by atoms with van der Waals surface area (Å²) in [6, 6.07) is -0.951. The Morgan fingerprint density at radius 3 is 1.37 bits per heavy atom. The molecule has 0 saturated carbocycles. The van der Waals surface area contributed by atoms with Crippen LogP contribution in [0, 0.1) is 0 Å². The number of hydroxylamine groups is 2. The first kappa shape index (κ1) is 64.3. The van der Waals surface area contributed by atoms with Crippen LogP contribution in [0.4, 0.5) is 0 Å². The Bertz CT molecular complexity index is 1580. The van der Waals surface area contributed by atoms with E-state index in [2.05, 4.69) is 21.3 Å². The van der Waals surface area contributed by atoms with Crippen molar-refractivity contribution in [2.45, 2.75) is 194 Å². The minimum atomic E-state index is -0.951. The number of rotatable bonds is 42. The lowest BCUT2D eigenvalue weighted by molar-refractivity contribution is -0.197. The van der Waals surface area contributed by atoms with Crippen molar-refractivity contribution in [2.75, 3.05) is 72.5 Å². The Morgan fingerprint density at radius 1 is 0.465 bits per heavy atom. The van der Waals surface area contributed by atoms with Crippen molar-refractivity contribution in [1.29, 1.82) is 0 Å². The minimum Gasteiger partial charge on any atom is -0.460 e. The van der Waals surface area contributed by atoms with Crippen molar-refractivity contribution in [1.82, 2.24) is 26.3 Å². The predicted octanol–water partition coefficient (Wildman–Crippen LogP) is 4.59. The number of nitrogens with zero attached hydrogens (tertiary/aromatic N) is 1. The number of nitrogens with one attached hydrogen (secondary N) is 4. The molecule has 0 aliphatic carbocycles. The molecule has 1 saturated heterocycles. The van der Waals surface area contributed by atoms with E-state index in [9.17, 15) is 43.2 Å². The zero-order valence-corrected chi connectivity index (χ0v) is 43.7. The van der Waals surface area contributed by atoms with Gasteiger partial charge in [-0.25, -0.2) is 9.59 Å². The molecule has 1 aliphatic rings. The first-order chi connectivity index (χ1) is 33.8. The number of hydrogen-bond donors (Lipinski definition) is 4. The van der Waals surface area contributed by atoms with Crippen molar-refractivity contribution in [3.05, 3.63) is 0 Å². The number of amides is 6. The molecule has 0 radical (unpaired) electrons. The highest BCUT2D eigenvalue weighted by Crippen LogP contribution is 2.16. The maximum Gasteiger partial charge on any atom is 0.334 e.